The van der Waals surface area contributed by atoms with E-state index in [1.165, 1.54) is 19.3 Å². The van der Waals surface area contributed by atoms with Gasteiger partial charge in [-0.05, 0) is 40.5 Å². The number of amides is 1. The summed E-state index contributed by atoms with van der Waals surface area (Å²) in [6, 6.07) is 15.5. The van der Waals surface area contributed by atoms with Crippen molar-refractivity contribution in [3.8, 4) is 11.3 Å². The molecule has 0 unspecified atom stereocenters. The maximum absolute atomic E-state index is 12.7. The van der Waals surface area contributed by atoms with Crippen molar-refractivity contribution >= 4 is 38.7 Å². The summed E-state index contributed by atoms with van der Waals surface area (Å²) in [5.74, 6) is 0.270. The molecule has 0 bridgehead atoms. The van der Waals surface area contributed by atoms with Gasteiger partial charge < -0.3 is 5.32 Å². The zero-order chi connectivity index (χ0) is 22.3. The number of carbonyl (C=O) groups is 1. The summed E-state index contributed by atoms with van der Waals surface area (Å²) in [4.78, 5) is 21.7. The number of fused-ring (bicyclic) bond motifs is 1. The molecule has 3 heterocycles. The molecule has 7 heteroatoms. The number of pyridine rings is 2. The predicted octanol–water partition coefficient (Wildman–Crippen LogP) is 6.48. The number of aromatic nitrogens is 4. The maximum Gasteiger partial charge on any atom is 0.258 e. The standard InChI is InChI=1S/C25H26BrN5O/c1-2-3-4-5-9-15-31-24-20(16-21(26)22(28-24)18-11-7-6-8-12-18)23(30-31)29-25(32)19-13-10-14-27-17-19/h6-8,10-14,16-17H,2-5,9,15H2,1H3,(H,29,30,32). The van der Waals surface area contributed by atoms with Gasteiger partial charge in [0, 0.05) is 29.0 Å². The summed E-state index contributed by atoms with van der Waals surface area (Å²) in [6.45, 7) is 2.97. The van der Waals surface area contributed by atoms with E-state index >= 15 is 0 Å². The lowest BCUT2D eigenvalue weighted by atomic mass is 10.1. The number of rotatable bonds is 9. The third-order valence-electron chi connectivity index (χ3n) is 5.35. The minimum absolute atomic E-state index is 0.240. The third kappa shape index (κ3) is 5.05. The number of halogens is 1. The fourth-order valence-corrected chi connectivity index (χ4v) is 4.21. The maximum atomic E-state index is 12.7. The molecule has 0 saturated carbocycles. The number of anilines is 1. The smallest absolute Gasteiger partial charge is 0.258 e. The highest BCUT2D eigenvalue weighted by molar-refractivity contribution is 9.10. The van der Waals surface area contributed by atoms with E-state index in [0.29, 0.717) is 11.4 Å². The van der Waals surface area contributed by atoms with Crippen LogP contribution in [0.1, 0.15) is 49.4 Å². The van der Waals surface area contributed by atoms with Crippen molar-refractivity contribution in [2.45, 2.75) is 45.6 Å². The van der Waals surface area contributed by atoms with Crippen molar-refractivity contribution in [2.24, 2.45) is 0 Å². The molecule has 0 fully saturated rings. The van der Waals surface area contributed by atoms with E-state index in [4.69, 9.17) is 10.1 Å². The second kappa shape index (κ2) is 10.5. The Hall–Kier alpha value is -3.06. The highest BCUT2D eigenvalue weighted by Crippen LogP contribution is 2.33. The average Bonchev–Trinajstić information content (AvgIpc) is 3.15. The van der Waals surface area contributed by atoms with Gasteiger partial charge in [-0.25, -0.2) is 9.67 Å². The van der Waals surface area contributed by atoms with Crippen LogP contribution in [0.2, 0.25) is 0 Å². The molecule has 4 aromatic rings. The minimum Gasteiger partial charge on any atom is -0.304 e. The number of hydrogen-bond acceptors (Lipinski definition) is 4. The summed E-state index contributed by atoms with van der Waals surface area (Å²) in [6.07, 6.45) is 9.03. The van der Waals surface area contributed by atoms with E-state index < -0.39 is 0 Å². The van der Waals surface area contributed by atoms with Crippen LogP contribution in [-0.2, 0) is 6.54 Å². The van der Waals surface area contributed by atoms with Crippen molar-refractivity contribution in [3.05, 3.63) is 71.0 Å². The molecule has 0 aliphatic carbocycles. The topological polar surface area (TPSA) is 72.7 Å². The van der Waals surface area contributed by atoms with Crippen LogP contribution >= 0.6 is 15.9 Å². The van der Waals surface area contributed by atoms with Gasteiger partial charge in [-0.15, -0.1) is 0 Å². The van der Waals surface area contributed by atoms with Gasteiger partial charge in [0.2, 0.25) is 0 Å². The Kier molecular flexibility index (Phi) is 7.27. The monoisotopic (exact) mass is 491 g/mol. The van der Waals surface area contributed by atoms with Gasteiger partial charge >= 0.3 is 0 Å². The first-order valence-electron chi connectivity index (χ1n) is 11.0. The Morgan fingerprint density at radius 1 is 1.06 bits per heavy atom. The van der Waals surface area contributed by atoms with E-state index in [1.807, 2.05) is 41.1 Å². The zero-order valence-corrected chi connectivity index (χ0v) is 19.7. The number of benzene rings is 1. The summed E-state index contributed by atoms with van der Waals surface area (Å²) < 4.78 is 2.77. The quantitative estimate of drug-likeness (QED) is 0.272. The Morgan fingerprint density at radius 2 is 1.88 bits per heavy atom. The number of nitrogens with one attached hydrogen (secondary N) is 1. The second-order valence-electron chi connectivity index (χ2n) is 7.74. The molecule has 1 N–H and O–H groups in total. The lowest BCUT2D eigenvalue weighted by Gasteiger charge is -2.07. The predicted molar refractivity (Wildman–Crippen MR) is 132 cm³/mol. The molecule has 164 valence electrons. The minimum atomic E-state index is -0.240. The van der Waals surface area contributed by atoms with Gasteiger partial charge in [0.25, 0.3) is 5.91 Å². The summed E-state index contributed by atoms with van der Waals surface area (Å²) >= 11 is 3.67. The highest BCUT2D eigenvalue weighted by Gasteiger charge is 2.18. The van der Waals surface area contributed by atoms with Crippen LogP contribution < -0.4 is 5.32 Å². The van der Waals surface area contributed by atoms with Crippen molar-refractivity contribution in [1.82, 2.24) is 19.7 Å². The summed E-state index contributed by atoms with van der Waals surface area (Å²) in [7, 11) is 0. The van der Waals surface area contributed by atoms with E-state index in [1.54, 1.807) is 24.5 Å². The Bertz CT molecular complexity index is 1190. The zero-order valence-electron chi connectivity index (χ0n) is 18.1. The fourth-order valence-electron chi connectivity index (χ4n) is 3.66. The van der Waals surface area contributed by atoms with Crippen LogP contribution in [0.3, 0.4) is 0 Å². The molecule has 3 aromatic heterocycles. The van der Waals surface area contributed by atoms with Crippen molar-refractivity contribution < 1.29 is 4.79 Å². The number of hydrogen-bond donors (Lipinski definition) is 1. The Labute approximate surface area is 196 Å². The Morgan fingerprint density at radius 3 is 2.62 bits per heavy atom. The van der Waals surface area contributed by atoms with Crippen molar-refractivity contribution in [2.75, 3.05) is 5.32 Å². The van der Waals surface area contributed by atoms with Crippen LogP contribution in [-0.4, -0.2) is 25.7 Å². The van der Waals surface area contributed by atoms with Crippen LogP contribution in [0.5, 0.6) is 0 Å². The normalized spacial score (nSPS) is 11.1. The second-order valence-corrected chi connectivity index (χ2v) is 8.59. The first kappa shape index (κ1) is 22.1. The molecular weight excluding hydrogens is 466 g/mol. The average molecular weight is 492 g/mol. The van der Waals surface area contributed by atoms with Gasteiger partial charge in [0.1, 0.15) is 0 Å². The van der Waals surface area contributed by atoms with Crippen LogP contribution in [0.25, 0.3) is 22.3 Å². The largest absolute Gasteiger partial charge is 0.304 e. The third-order valence-corrected chi connectivity index (χ3v) is 5.96. The van der Waals surface area contributed by atoms with Gasteiger partial charge in [-0.3, -0.25) is 9.78 Å². The lowest BCUT2D eigenvalue weighted by Crippen LogP contribution is -2.13. The molecule has 0 atom stereocenters. The van der Waals surface area contributed by atoms with Crippen molar-refractivity contribution in [3.63, 3.8) is 0 Å². The summed E-state index contributed by atoms with van der Waals surface area (Å²) in [5.41, 5.74) is 3.14. The number of carbonyl (C=O) groups excluding carboxylic acids is 1. The molecule has 0 spiro atoms. The van der Waals surface area contributed by atoms with Gasteiger partial charge in [0.15, 0.2) is 11.5 Å². The summed E-state index contributed by atoms with van der Waals surface area (Å²) in [5, 5.41) is 8.48. The molecule has 0 aliphatic heterocycles. The van der Waals surface area contributed by atoms with Gasteiger partial charge in [-0.1, -0.05) is 62.9 Å². The number of nitrogens with zero attached hydrogens (tertiary/aromatic N) is 4. The molecule has 32 heavy (non-hydrogen) atoms. The van der Waals surface area contributed by atoms with E-state index in [9.17, 15) is 4.79 Å². The van der Waals surface area contributed by atoms with Crippen molar-refractivity contribution in [1.29, 1.82) is 0 Å². The molecule has 1 amide bonds. The first-order chi connectivity index (χ1) is 15.7. The molecule has 0 radical (unpaired) electrons. The van der Waals surface area contributed by atoms with Gasteiger partial charge in [0.05, 0.1) is 16.6 Å². The SMILES string of the molecule is CCCCCCCn1nc(NC(=O)c2cccnc2)c2cc(Br)c(-c3ccccc3)nc21. The molecule has 0 aliphatic rings. The van der Waals surface area contributed by atoms with Crippen LogP contribution in [0.15, 0.2) is 65.4 Å². The first-order valence-corrected chi connectivity index (χ1v) is 11.8. The van der Waals surface area contributed by atoms with E-state index in [2.05, 4.69) is 33.2 Å². The van der Waals surface area contributed by atoms with Crippen LogP contribution in [0.4, 0.5) is 5.82 Å². The van der Waals surface area contributed by atoms with Crippen LogP contribution in [0, 0.1) is 0 Å². The number of unbranched alkanes of at least 4 members (excludes halogenated alkanes) is 4. The van der Waals surface area contributed by atoms with E-state index in [-0.39, 0.29) is 5.91 Å². The molecule has 6 nitrogen and oxygen atoms in total. The highest BCUT2D eigenvalue weighted by atomic mass is 79.9. The molecule has 4 rings (SSSR count). The fraction of sp³-hybridized carbons (Fsp3) is 0.280. The molecule has 1 aromatic carbocycles. The van der Waals surface area contributed by atoms with E-state index in [0.717, 1.165) is 46.1 Å². The Balaban J connectivity index is 1.69. The number of aryl methyl sites for hydroxylation is 1. The molecular formula is C25H26BrN5O. The lowest BCUT2D eigenvalue weighted by molar-refractivity contribution is 0.102. The van der Waals surface area contributed by atoms with Gasteiger partial charge in [-0.2, -0.15) is 5.10 Å². The molecule has 0 saturated heterocycles.